The molecule has 0 unspecified atom stereocenters. The van der Waals surface area contributed by atoms with E-state index in [9.17, 15) is 0 Å². The minimum Gasteiger partial charge on any atom is -0.424 e. The molecule has 2 aromatic rings. The zero-order valence-electron chi connectivity index (χ0n) is 10.5. The van der Waals surface area contributed by atoms with Crippen LogP contribution in [-0.4, -0.2) is 9.97 Å². The SMILES string of the molecule is CCc1cccc(Oc2ncc(CCl)c(C)n2)c1. The highest BCUT2D eigenvalue weighted by Crippen LogP contribution is 2.20. The monoisotopic (exact) mass is 262 g/mol. The number of benzene rings is 1. The second-order valence-electron chi connectivity index (χ2n) is 4.00. The number of ether oxygens (including phenoxy) is 1. The van der Waals surface area contributed by atoms with Gasteiger partial charge in [-0.2, -0.15) is 4.98 Å². The standard InChI is InChI=1S/C14H15ClN2O/c1-3-11-5-4-6-13(7-11)18-14-16-9-12(8-15)10(2)17-14/h4-7,9H,3,8H2,1-2H3. The summed E-state index contributed by atoms with van der Waals surface area (Å²) in [5.74, 6) is 1.17. The highest BCUT2D eigenvalue weighted by molar-refractivity contribution is 6.17. The van der Waals surface area contributed by atoms with Crippen molar-refractivity contribution in [2.45, 2.75) is 26.1 Å². The summed E-state index contributed by atoms with van der Waals surface area (Å²) in [6, 6.07) is 8.28. The normalized spacial score (nSPS) is 10.4. The highest BCUT2D eigenvalue weighted by atomic mass is 35.5. The molecule has 0 fully saturated rings. The van der Waals surface area contributed by atoms with Crippen LogP contribution in [0, 0.1) is 6.92 Å². The molecule has 0 aliphatic heterocycles. The van der Waals surface area contributed by atoms with Crippen LogP contribution < -0.4 is 4.74 Å². The first-order chi connectivity index (χ1) is 8.72. The first-order valence-corrected chi connectivity index (χ1v) is 6.41. The molecule has 18 heavy (non-hydrogen) atoms. The third kappa shape index (κ3) is 2.99. The minimum atomic E-state index is 0.356. The van der Waals surface area contributed by atoms with Crippen LogP contribution in [-0.2, 0) is 12.3 Å². The Morgan fingerprint density at radius 2 is 2.17 bits per heavy atom. The molecule has 4 heteroatoms. The van der Waals surface area contributed by atoms with Gasteiger partial charge in [0.2, 0.25) is 0 Å². The van der Waals surface area contributed by atoms with Crippen molar-refractivity contribution in [1.82, 2.24) is 9.97 Å². The summed E-state index contributed by atoms with van der Waals surface area (Å²) in [6.07, 6.45) is 2.68. The van der Waals surface area contributed by atoms with Crippen molar-refractivity contribution in [2.24, 2.45) is 0 Å². The van der Waals surface area contributed by atoms with Crippen molar-refractivity contribution < 1.29 is 4.74 Å². The molecule has 0 N–H and O–H groups in total. The fourth-order valence-electron chi connectivity index (χ4n) is 1.59. The van der Waals surface area contributed by atoms with Crippen LogP contribution in [0.3, 0.4) is 0 Å². The molecule has 0 atom stereocenters. The molecule has 3 nitrogen and oxygen atoms in total. The molecule has 0 radical (unpaired) electrons. The minimum absolute atomic E-state index is 0.356. The molecule has 0 spiro atoms. The fraction of sp³-hybridized carbons (Fsp3) is 0.286. The van der Waals surface area contributed by atoms with E-state index in [0.717, 1.165) is 23.4 Å². The summed E-state index contributed by atoms with van der Waals surface area (Å²) in [5.41, 5.74) is 2.99. The zero-order valence-corrected chi connectivity index (χ0v) is 11.2. The van der Waals surface area contributed by atoms with Crippen LogP contribution in [0.5, 0.6) is 11.8 Å². The molecule has 94 valence electrons. The summed E-state index contributed by atoms with van der Waals surface area (Å²) in [5, 5.41) is 0. The van der Waals surface area contributed by atoms with E-state index >= 15 is 0 Å². The van der Waals surface area contributed by atoms with Crippen LogP contribution in [0.25, 0.3) is 0 Å². The Bertz CT molecular complexity index is 543. The lowest BCUT2D eigenvalue weighted by molar-refractivity contribution is 0.439. The number of alkyl halides is 1. The van der Waals surface area contributed by atoms with Crippen molar-refractivity contribution in [3.63, 3.8) is 0 Å². The maximum Gasteiger partial charge on any atom is 0.322 e. The van der Waals surface area contributed by atoms with Gasteiger partial charge in [-0.1, -0.05) is 19.1 Å². The van der Waals surface area contributed by atoms with Gasteiger partial charge in [-0.05, 0) is 31.0 Å². The van der Waals surface area contributed by atoms with Gasteiger partial charge in [0.15, 0.2) is 0 Å². The Labute approximate surface area is 112 Å². The third-order valence-electron chi connectivity index (χ3n) is 2.72. The van der Waals surface area contributed by atoms with Gasteiger partial charge in [-0.15, -0.1) is 11.6 Å². The smallest absolute Gasteiger partial charge is 0.322 e. The van der Waals surface area contributed by atoms with Crippen LogP contribution in [0.15, 0.2) is 30.5 Å². The van der Waals surface area contributed by atoms with Crippen molar-refractivity contribution in [2.75, 3.05) is 0 Å². The van der Waals surface area contributed by atoms with Gasteiger partial charge >= 0.3 is 6.01 Å². The number of hydrogen-bond donors (Lipinski definition) is 0. The average molecular weight is 263 g/mol. The molecule has 0 aliphatic carbocycles. The molecular weight excluding hydrogens is 248 g/mol. The lowest BCUT2D eigenvalue weighted by Crippen LogP contribution is -1.97. The van der Waals surface area contributed by atoms with Crippen LogP contribution in [0.4, 0.5) is 0 Å². The molecular formula is C14H15ClN2O. The molecule has 0 bridgehead atoms. The van der Waals surface area contributed by atoms with E-state index in [1.807, 2.05) is 25.1 Å². The molecule has 1 aromatic carbocycles. The van der Waals surface area contributed by atoms with Crippen LogP contribution >= 0.6 is 11.6 Å². The summed E-state index contributed by atoms with van der Waals surface area (Å²) < 4.78 is 5.64. The first kappa shape index (κ1) is 12.8. The molecule has 0 saturated heterocycles. The average Bonchev–Trinajstić information content (AvgIpc) is 2.39. The van der Waals surface area contributed by atoms with Crippen molar-refractivity contribution in [1.29, 1.82) is 0 Å². The second kappa shape index (κ2) is 5.83. The van der Waals surface area contributed by atoms with Crippen molar-refractivity contribution in [3.8, 4) is 11.8 Å². The zero-order chi connectivity index (χ0) is 13.0. The maximum absolute atomic E-state index is 5.76. The largest absolute Gasteiger partial charge is 0.424 e. The Morgan fingerprint density at radius 1 is 1.33 bits per heavy atom. The van der Waals surface area contributed by atoms with Crippen molar-refractivity contribution >= 4 is 11.6 Å². The highest BCUT2D eigenvalue weighted by Gasteiger charge is 2.05. The molecule has 0 saturated carbocycles. The quantitative estimate of drug-likeness (QED) is 0.785. The van der Waals surface area contributed by atoms with Crippen molar-refractivity contribution in [3.05, 3.63) is 47.3 Å². The lowest BCUT2D eigenvalue weighted by atomic mass is 10.2. The van der Waals surface area contributed by atoms with Gasteiger partial charge in [-0.25, -0.2) is 4.98 Å². The fourth-order valence-corrected chi connectivity index (χ4v) is 1.85. The van der Waals surface area contributed by atoms with E-state index in [0.29, 0.717) is 11.9 Å². The number of halogens is 1. The van der Waals surface area contributed by atoms with Gasteiger partial charge in [-0.3, -0.25) is 0 Å². The van der Waals surface area contributed by atoms with Crippen LogP contribution in [0.1, 0.15) is 23.7 Å². The predicted molar refractivity (Wildman–Crippen MR) is 72.2 cm³/mol. The van der Waals surface area contributed by atoms with Gasteiger partial charge in [0, 0.05) is 17.5 Å². The van der Waals surface area contributed by atoms with E-state index in [2.05, 4.69) is 23.0 Å². The van der Waals surface area contributed by atoms with E-state index in [1.165, 1.54) is 5.56 Å². The van der Waals surface area contributed by atoms with E-state index in [-0.39, 0.29) is 0 Å². The number of aromatic nitrogens is 2. The number of rotatable bonds is 4. The second-order valence-corrected chi connectivity index (χ2v) is 4.27. The maximum atomic E-state index is 5.76. The Balaban J connectivity index is 2.20. The number of hydrogen-bond acceptors (Lipinski definition) is 3. The molecule has 1 aromatic heterocycles. The predicted octanol–water partition coefficient (Wildman–Crippen LogP) is 3.88. The Hall–Kier alpha value is -1.61. The number of aryl methyl sites for hydroxylation is 2. The molecule has 1 heterocycles. The van der Waals surface area contributed by atoms with E-state index < -0.39 is 0 Å². The number of nitrogens with zero attached hydrogens (tertiary/aromatic N) is 2. The molecule has 2 rings (SSSR count). The Kier molecular flexibility index (Phi) is 4.15. The Morgan fingerprint density at radius 3 is 2.83 bits per heavy atom. The molecule has 0 amide bonds. The van der Waals surface area contributed by atoms with Gasteiger partial charge in [0.1, 0.15) is 5.75 Å². The van der Waals surface area contributed by atoms with Gasteiger partial charge in [0.25, 0.3) is 0 Å². The summed E-state index contributed by atoms with van der Waals surface area (Å²) in [6.45, 7) is 4.00. The third-order valence-corrected chi connectivity index (χ3v) is 3.01. The summed E-state index contributed by atoms with van der Waals surface area (Å²) >= 11 is 5.76. The first-order valence-electron chi connectivity index (χ1n) is 5.88. The van der Waals surface area contributed by atoms with E-state index in [4.69, 9.17) is 16.3 Å². The molecule has 0 aliphatic rings. The van der Waals surface area contributed by atoms with Gasteiger partial charge in [0.05, 0.1) is 5.88 Å². The summed E-state index contributed by atoms with van der Waals surface area (Å²) in [7, 11) is 0. The van der Waals surface area contributed by atoms with E-state index in [1.54, 1.807) is 6.20 Å². The van der Waals surface area contributed by atoms with Crippen LogP contribution in [0.2, 0.25) is 0 Å². The summed E-state index contributed by atoms with van der Waals surface area (Å²) in [4.78, 5) is 8.42. The topological polar surface area (TPSA) is 35.0 Å². The van der Waals surface area contributed by atoms with Gasteiger partial charge < -0.3 is 4.74 Å². The lowest BCUT2D eigenvalue weighted by Gasteiger charge is -2.07.